The van der Waals surface area contributed by atoms with Crippen LogP contribution in [0, 0.1) is 12.3 Å². The van der Waals surface area contributed by atoms with Gasteiger partial charge in [-0.15, -0.1) is 16.6 Å². The van der Waals surface area contributed by atoms with Crippen LogP contribution in [0.1, 0.15) is 30.5 Å². The molecule has 0 N–H and O–H groups in total. The van der Waals surface area contributed by atoms with Crippen molar-refractivity contribution in [1.82, 2.24) is 10.2 Å². The molecule has 0 amide bonds. The van der Waals surface area contributed by atoms with Gasteiger partial charge in [0.15, 0.2) is 5.82 Å². The average molecular weight is 361 g/mol. The quantitative estimate of drug-likeness (QED) is 0.777. The summed E-state index contributed by atoms with van der Waals surface area (Å²) in [5, 5.41) is 8.06. The minimum absolute atomic E-state index is 0.114. The van der Waals surface area contributed by atoms with Crippen molar-refractivity contribution in [2.75, 3.05) is 18.0 Å². The highest BCUT2D eigenvalue weighted by atomic mass is 19.4. The van der Waals surface area contributed by atoms with Crippen molar-refractivity contribution < 1.29 is 17.9 Å². The van der Waals surface area contributed by atoms with Gasteiger partial charge >= 0.3 is 6.18 Å². The first-order valence-corrected chi connectivity index (χ1v) is 8.35. The normalized spacial score (nSPS) is 18.1. The molecule has 0 radical (unpaired) electrons. The third kappa shape index (κ3) is 4.26. The smallest absolute Gasteiger partial charge is 0.419 e. The van der Waals surface area contributed by atoms with Crippen molar-refractivity contribution in [2.24, 2.45) is 0 Å². The summed E-state index contributed by atoms with van der Waals surface area (Å²) < 4.78 is 45.0. The van der Waals surface area contributed by atoms with Gasteiger partial charge in [0.1, 0.15) is 17.5 Å². The van der Waals surface area contributed by atoms with E-state index >= 15 is 0 Å². The summed E-state index contributed by atoms with van der Waals surface area (Å²) in [5.41, 5.74) is -0.273. The molecule has 0 aliphatic carbocycles. The van der Waals surface area contributed by atoms with Crippen LogP contribution in [0.2, 0.25) is 0 Å². The monoisotopic (exact) mass is 361 g/mol. The SMILES string of the molecule is C#Cc1ccc(N2CCCC(Oc3ccccc3C(F)(F)F)CC2)nn1. The maximum Gasteiger partial charge on any atom is 0.419 e. The van der Waals surface area contributed by atoms with E-state index in [0.717, 1.165) is 19.0 Å². The zero-order valence-corrected chi connectivity index (χ0v) is 14.0. The number of para-hydroxylation sites is 1. The van der Waals surface area contributed by atoms with Crippen molar-refractivity contribution in [3.63, 3.8) is 0 Å². The molecule has 4 nitrogen and oxygen atoms in total. The first-order chi connectivity index (χ1) is 12.5. The molecule has 2 heterocycles. The Labute approximate surface area is 150 Å². The molecule has 1 unspecified atom stereocenters. The number of alkyl halides is 3. The molecule has 1 saturated heterocycles. The Morgan fingerprint density at radius 2 is 1.88 bits per heavy atom. The van der Waals surface area contributed by atoms with E-state index in [2.05, 4.69) is 16.1 Å². The van der Waals surface area contributed by atoms with E-state index in [0.29, 0.717) is 30.9 Å². The van der Waals surface area contributed by atoms with Gasteiger partial charge in [-0.3, -0.25) is 0 Å². The lowest BCUT2D eigenvalue weighted by molar-refractivity contribution is -0.139. The zero-order valence-electron chi connectivity index (χ0n) is 14.0. The number of benzene rings is 1. The van der Waals surface area contributed by atoms with Crippen LogP contribution in [0.3, 0.4) is 0 Å². The molecule has 1 fully saturated rings. The van der Waals surface area contributed by atoms with Gasteiger partial charge in [-0.05, 0) is 43.0 Å². The second-order valence-electron chi connectivity index (χ2n) is 6.07. The highest BCUT2D eigenvalue weighted by Gasteiger charge is 2.34. The van der Waals surface area contributed by atoms with Crippen LogP contribution in [0.4, 0.5) is 19.0 Å². The third-order valence-electron chi connectivity index (χ3n) is 4.28. The zero-order chi connectivity index (χ0) is 18.6. The van der Waals surface area contributed by atoms with E-state index in [1.54, 1.807) is 12.1 Å². The van der Waals surface area contributed by atoms with Crippen molar-refractivity contribution >= 4 is 5.82 Å². The maximum atomic E-state index is 13.1. The summed E-state index contributed by atoms with van der Waals surface area (Å²) in [6.07, 6.45) is 2.64. The van der Waals surface area contributed by atoms with E-state index < -0.39 is 11.7 Å². The number of rotatable bonds is 3. The number of terminal acetylenes is 1. The van der Waals surface area contributed by atoms with Crippen molar-refractivity contribution in [3.8, 4) is 18.1 Å². The van der Waals surface area contributed by atoms with Crippen molar-refractivity contribution in [3.05, 3.63) is 47.7 Å². The van der Waals surface area contributed by atoms with Gasteiger partial charge in [-0.2, -0.15) is 13.2 Å². The molecule has 2 aromatic rings. The fourth-order valence-corrected chi connectivity index (χ4v) is 2.97. The van der Waals surface area contributed by atoms with Gasteiger partial charge < -0.3 is 9.64 Å². The molecule has 1 aromatic carbocycles. The van der Waals surface area contributed by atoms with Gasteiger partial charge in [0.05, 0.1) is 5.56 Å². The van der Waals surface area contributed by atoms with Crippen molar-refractivity contribution in [1.29, 1.82) is 0 Å². The van der Waals surface area contributed by atoms with E-state index in [-0.39, 0.29) is 11.9 Å². The number of aromatic nitrogens is 2. The van der Waals surface area contributed by atoms with Gasteiger partial charge in [-0.1, -0.05) is 12.1 Å². The van der Waals surface area contributed by atoms with Crippen LogP contribution in [0.15, 0.2) is 36.4 Å². The van der Waals surface area contributed by atoms with Crippen LogP contribution in [-0.2, 0) is 6.18 Å². The van der Waals surface area contributed by atoms with E-state index in [9.17, 15) is 13.2 Å². The van der Waals surface area contributed by atoms with Gasteiger partial charge in [0.25, 0.3) is 0 Å². The predicted molar refractivity (Wildman–Crippen MR) is 91.9 cm³/mol. The molecule has 1 atom stereocenters. The van der Waals surface area contributed by atoms with Crippen LogP contribution < -0.4 is 9.64 Å². The van der Waals surface area contributed by atoms with Crippen LogP contribution in [-0.4, -0.2) is 29.4 Å². The largest absolute Gasteiger partial charge is 0.490 e. The van der Waals surface area contributed by atoms with E-state index in [1.165, 1.54) is 12.1 Å². The first-order valence-electron chi connectivity index (χ1n) is 8.35. The topological polar surface area (TPSA) is 38.2 Å². The molecule has 0 bridgehead atoms. The van der Waals surface area contributed by atoms with Gasteiger partial charge in [-0.25, -0.2) is 0 Å². The fraction of sp³-hybridized carbons (Fsp3) is 0.368. The summed E-state index contributed by atoms with van der Waals surface area (Å²) in [6.45, 7) is 1.37. The van der Waals surface area contributed by atoms with E-state index in [1.807, 2.05) is 11.0 Å². The fourth-order valence-electron chi connectivity index (χ4n) is 2.97. The molecule has 0 saturated carbocycles. The predicted octanol–water partition coefficient (Wildman–Crippen LogP) is 3.91. The molecule has 1 aliphatic heterocycles. The van der Waals surface area contributed by atoms with Crippen molar-refractivity contribution in [2.45, 2.75) is 31.5 Å². The Hall–Kier alpha value is -2.75. The molecular weight excluding hydrogens is 343 g/mol. The third-order valence-corrected chi connectivity index (χ3v) is 4.28. The molecular formula is C19H18F3N3O. The maximum absolute atomic E-state index is 13.1. The molecule has 136 valence electrons. The molecule has 3 rings (SSSR count). The Balaban J connectivity index is 1.67. The second kappa shape index (κ2) is 7.65. The lowest BCUT2D eigenvalue weighted by Crippen LogP contribution is -2.26. The Morgan fingerprint density at radius 3 is 2.58 bits per heavy atom. The standard InChI is InChI=1S/C19H18F3N3O/c1-2-14-9-10-18(24-23-14)25-12-5-6-15(11-13-25)26-17-8-4-3-7-16(17)19(20,21)22/h1,3-4,7-10,15H,5-6,11-13H2. The average Bonchev–Trinajstić information content (AvgIpc) is 2.87. The number of ether oxygens (including phenoxy) is 1. The Kier molecular flexibility index (Phi) is 5.31. The minimum Gasteiger partial charge on any atom is -0.490 e. The summed E-state index contributed by atoms with van der Waals surface area (Å²) in [5.74, 6) is 3.01. The molecule has 1 aliphatic rings. The summed E-state index contributed by atoms with van der Waals surface area (Å²) in [7, 11) is 0. The number of halogens is 3. The van der Waals surface area contributed by atoms with Crippen LogP contribution >= 0.6 is 0 Å². The Morgan fingerprint density at radius 1 is 1.08 bits per heavy atom. The summed E-state index contributed by atoms with van der Waals surface area (Å²) in [4.78, 5) is 2.05. The highest BCUT2D eigenvalue weighted by Crippen LogP contribution is 2.37. The van der Waals surface area contributed by atoms with Crippen LogP contribution in [0.25, 0.3) is 0 Å². The molecule has 0 spiro atoms. The number of hydrogen-bond donors (Lipinski definition) is 0. The lowest BCUT2D eigenvalue weighted by atomic mass is 10.1. The van der Waals surface area contributed by atoms with Gasteiger partial charge in [0, 0.05) is 19.5 Å². The number of anilines is 1. The number of hydrogen-bond acceptors (Lipinski definition) is 4. The first kappa shape index (κ1) is 18.1. The molecule has 26 heavy (non-hydrogen) atoms. The van der Waals surface area contributed by atoms with Crippen LogP contribution in [0.5, 0.6) is 5.75 Å². The van der Waals surface area contributed by atoms with E-state index in [4.69, 9.17) is 11.2 Å². The lowest BCUT2D eigenvalue weighted by Gasteiger charge is -2.22. The summed E-state index contributed by atoms with van der Waals surface area (Å²) in [6, 6.07) is 8.86. The second-order valence-corrected chi connectivity index (χ2v) is 6.07. The molecule has 1 aromatic heterocycles. The number of nitrogens with zero attached hydrogens (tertiary/aromatic N) is 3. The minimum atomic E-state index is -4.43. The molecule has 7 heteroatoms. The highest BCUT2D eigenvalue weighted by molar-refractivity contribution is 5.40. The Bertz CT molecular complexity index is 784. The summed E-state index contributed by atoms with van der Waals surface area (Å²) >= 11 is 0. The van der Waals surface area contributed by atoms with Gasteiger partial charge in [0.2, 0.25) is 0 Å².